The summed E-state index contributed by atoms with van der Waals surface area (Å²) in [6.07, 6.45) is 9.64. The van der Waals surface area contributed by atoms with Crippen LogP contribution in [0.15, 0.2) is 18.2 Å². The van der Waals surface area contributed by atoms with Crippen molar-refractivity contribution in [3.63, 3.8) is 0 Å². The van der Waals surface area contributed by atoms with Gasteiger partial charge in [-0.1, -0.05) is 73.1 Å². The van der Waals surface area contributed by atoms with Gasteiger partial charge in [-0.15, -0.1) is 0 Å². The van der Waals surface area contributed by atoms with Gasteiger partial charge in [0.15, 0.2) is 11.5 Å². The molecule has 0 saturated heterocycles. The van der Waals surface area contributed by atoms with Crippen LogP contribution in [0.1, 0.15) is 105 Å². The van der Waals surface area contributed by atoms with E-state index in [2.05, 4.69) is 34.6 Å². The summed E-state index contributed by atoms with van der Waals surface area (Å²) in [5.74, 6) is 1.77. The molecule has 0 radical (unpaired) electrons. The van der Waals surface area contributed by atoms with Gasteiger partial charge in [-0.2, -0.15) is 0 Å². The Morgan fingerprint density at radius 2 is 1.31 bits per heavy atom. The minimum atomic E-state index is -0.314. The average molecular weight is 449 g/mol. The molecule has 0 bridgehead atoms. The van der Waals surface area contributed by atoms with Crippen LogP contribution in [0, 0.1) is 11.8 Å². The molecule has 32 heavy (non-hydrogen) atoms. The maximum Gasteiger partial charge on any atom is 0.311 e. The molecule has 0 aliphatic carbocycles. The first-order valence-electron chi connectivity index (χ1n) is 12.5. The smallest absolute Gasteiger partial charge is 0.311 e. The molecule has 1 aromatic rings. The zero-order valence-electron chi connectivity index (χ0n) is 20.9. The van der Waals surface area contributed by atoms with Gasteiger partial charge in [0, 0.05) is 18.9 Å². The molecule has 0 heterocycles. The zero-order chi connectivity index (χ0) is 23.8. The van der Waals surface area contributed by atoms with Crippen LogP contribution in [-0.2, 0) is 9.59 Å². The van der Waals surface area contributed by atoms with Crippen LogP contribution in [0.3, 0.4) is 0 Å². The molecule has 0 N–H and O–H groups in total. The maximum absolute atomic E-state index is 12.4. The predicted octanol–water partition coefficient (Wildman–Crippen LogP) is 7.50. The Balaban J connectivity index is 2.72. The number of hydrogen-bond donors (Lipinski definition) is 0. The summed E-state index contributed by atoms with van der Waals surface area (Å²) in [7, 11) is 0. The number of rotatable bonds is 17. The summed E-state index contributed by atoms with van der Waals surface area (Å²) in [6.45, 7) is 11.4. The second-order valence-electron chi connectivity index (χ2n) is 9.39. The minimum absolute atomic E-state index is 0.252. The van der Waals surface area contributed by atoms with Crippen LogP contribution < -0.4 is 14.2 Å². The fourth-order valence-electron chi connectivity index (χ4n) is 3.28. The molecular formula is C27H44O5. The van der Waals surface area contributed by atoms with Crippen molar-refractivity contribution in [2.75, 3.05) is 6.61 Å². The average Bonchev–Trinajstić information content (AvgIpc) is 2.73. The van der Waals surface area contributed by atoms with Gasteiger partial charge in [0.05, 0.1) is 6.61 Å². The summed E-state index contributed by atoms with van der Waals surface area (Å²) in [5, 5.41) is 0. The van der Waals surface area contributed by atoms with E-state index in [1.807, 2.05) is 0 Å². The second-order valence-corrected chi connectivity index (χ2v) is 9.39. The van der Waals surface area contributed by atoms with Gasteiger partial charge >= 0.3 is 11.9 Å². The summed E-state index contributed by atoms with van der Waals surface area (Å²) >= 11 is 0. The molecule has 0 unspecified atom stereocenters. The highest BCUT2D eigenvalue weighted by Crippen LogP contribution is 2.33. The monoisotopic (exact) mass is 448 g/mol. The molecule has 182 valence electrons. The van der Waals surface area contributed by atoms with Crippen LogP contribution in [0.5, 0.6) is 17.2 Å². The zero-order valence-corrected chi connectivity index (χ0v) is 20.9. The molecule has 0 atom stereocenters. The number of esters is 2. The lowest BCUT2D eigenvalue weighted by atomic mass is 10.1. The lowest BCUT2D eigenvalue weighted by Gasteiger charge is -2.13. The highest BCUT2D eigenvalue weighted by molar-refractivity contribution is 5.76. The Kier molecular flexibility index (Phi) is 14.5. The Morgan fingerprint density at radius 3 is 1.84 bits per heavy atom. The topological polar surface area (TPSA) is 61.8 Å². The molecule has 0 spiro atoms. The predicted molar refractivity (Wildman–Crippen MR) is 129 cm³/mol. The minimum Gasteiger partial charge on any atom is -0.493 e. The first kappa shape index (κ1) is 28.0. The molecule has 0 aliphatic rings. The first-order chi connectivity index (χ1) is 15.3. The van der Waals surface area contributed by atoms with E-state index in [1.165, 1.54) is 0 Å². The molecule has 0 fully saturated rings. The Hall–Kier alpha value is -2.04. The molecular weight excluding hydrogens is 404 g/mol. The maximum atomic E-state index is 12.4. The highest BCUT2D eigenvalue weighted by atomic mass is 16.6. The van der Waals surface area contributed by atoms with Crippen molar-refractivity contribution >= 4 is 11.9 Å². The van der Waals surface area contributed by atoms with Crippen molar-refractivity contribution in [1.29, 1.82) is 0 Å². The standard InChI is InChI=1S/C27H44O5/c1-6-7-12-19-30-23-17-18-24(31-26(28)15-10-8-13-21(2)3)25(20-23)32-27(29)16-11-9-14-22(4)5/h17-18,20-22H,6-16,19H2,1-5H3. The van der Waals surface area contributed by atoms with Crippen molar-refractivity contribution in [3.8, 4) is 17.2 Å². The number of hydrogen-bond acceptors (Lipinski definition) is 5. The normalized spacial score (nSPS) is 11.1. The molecule has 0 amide bonds. The molecule has 5 nitrogen and oxygen atoms in total. The fraction of sp³-hybridized carbons (Fsp3) is 0.704. The SMILES string of the molecule is CCCCCOc1ccc(OC(=O)CCCCC(C)C)c(OC(=O)CCCCC(C)C)c1. The third kappa shape index (κ3) is 13.4. The summed E-state index contributed by atoms with van der Waals surface area (Å²) in [4.78, 5) is 24.7. The van der Waals surface area contributed by atoms with E-state index in [0.717, 1.165) is 57.8 Å². The lowest BCUT2D eigenvalue weighted by molar-refractivity contribution is -0.137. The van der Waals surface area contributed by atoms with Crippen molar-refractivity contribution in [3.05, 3.63) is 18.2 Å². The lowest BCUT2D eigenvalue weighted by Crippen LogP contribution is -2.12. The molecule has 0 aliphatic heterocycles. The van der Waals surface area contributed by atoms with Crippen LogP contribution in [0.2, 0.25) is 0 Å². The third-order valence-electron chi connectivity index (χ3n) is 5.20. The number of carbonyl (C=O) groups is 2. The number of unbranched alkanes of at least 4 members (excludes halogenated alkanes) is 4. The van der Waals surface area contributed by atoms with Gasteiger partial charge in [0.1, 0.15) is 5.75 Å². The number of ether oxygens (including phenoxy) is 3. The van der Waals surface area contributed by atoms with Crippen LogP contribution in [0.25, 0.3) is 0 Å². The van der Waals surface area contributed by atoms with E-state index >= 15 is 0 Å². The van der Waals surface area contributed by atoms with E-state index in [0.29, 0.717) is 37.0 Å². The van der Waals surface area contributed by atoms with E-state index in [-0.39, 0.29) is 23.4 Å². The quantitative estimate of drug-likeness (QED) is 0.140. The number of benzene rings is 1. The molecule has 1 rings (SSSR count). The third-order valence-corrected chi connectivity index (χ3v) is 5.20. The van der Waals surface area contributed by atoms with Crippen molar-refractivity contribution in [2.45, 2.75) is 105 Å². The van der Waals surface area contributed by atoms with Gasteiger partial charge < -0.3 is 14.2 Å². The molecule has 5 heteroatoms. The van der Waals surface area contributed by atoms with Crippen molar-refractivity contribution in [2.24, 2.45) is 11.8 Å². The van der Waals surface area contributed by atoms with Gasteiger partial charge in [0.25, 0.3) is 0 Å². The van der Waals surface area contributed by atoms with E-state index in [1.54, 1.807) is 18.2 Å². The molecule has 0 aromatic heterocycles. The Morgan fingerprint density at radius 1 is 0.750 bits per heavy atom. The van der Waals surface area contributed by atoms with Gasteiger partial charge in [-0.3, -0.25) is 9.59 Å². The van der Waals surface area contributed by atoms with Gasteiger partial charge in [-0.25, -0.2) is 0 Å². The van der Waals surface area contributed by atoms with Crippen LogP contribution in [-0.4, -0.2) is 18.5 Å². The van der Waals surface area contributed by atoms with E-state index in [9.17, 15) is 9.59 Å². The molecule has 0 saturated carbocycles. The Labute approximate surface area is 195 Å². The highest BCUT2D eigenvalue weighted by Gasteiger charge is 2.15. The van der Waals surface area contributed by atoms with Crippen LogP contribution >= 0.6 is 0 Å². The van der Waals surface area contributed by atoms with Crippen molar-refractivity contribution < 1.29 is 23.8 Å². The fourth-order valence-corrected chi connectivity index (χ4v) is 3.28. The van der Waals surface area contributed by atoms with E-state index in [4.69, 9.17) is 14.2 Å². The van der Waals surface area contributed by atoms with Gasteiger partial charge in [0.2, 0.25) is 0 Å². The largest absolute Gasteiger partial charge is 0.493 e. The molecule has 1 aromatic carbocycles. The van der Waals surface area contributed by atoms with Gasteiger partial charge in [-0.05, 0) is 43.2 Å². The summed E-state index contributed by atoms with van der Waals surface area (Å²) < 4.78 is 16.9. The summed E-state index contributed by atoms with van der Waals surface area (Å²) in [6, 6.07) is 5.06. The Bertz CT molecular complexity index is 666. The second kappa shape index (κ2) is 16.6. The van der Waals surface area contributed by atoms with E-state index < -0.39 is 0 Å². The number of carbonyl (C=O) groups excluding carboxylic acids is 2. The first-order valence-corrected chi connectivity index (χ1v) is 12.5. The summed E-state index contributed by atoms with van der Waals surface area (Å²) in [5.41, 5.74) is 0. The van der Waals surface area contributed by atoms with Crippen LogP contribution in [0.4, 0.5) is 0 Å². The van der Waals surface area contributed by atoms with Crippen molar-refractivity contribution in [1.82, 2.24) is 0 Å².